The second kappa shape index (κ2) is 7.72. The first-order chi connectivity index (χ1) is 12.9. The van der Waals surface area contributed by atoms with Crippen LogP contribution in [0.15, 0.2) is 36.4 Å². The van der Waals surface area contributed by atoms with Gasteiger partial charge in [-0.2, -0.15) is 0 Å². The first kappa shape index (κ1) is 20.6. The number of nitrogens with zero attached hydrogens (tertiary/aromatic N) is 1. The van der Waals surface area contributed by atoms with E-state index in [1.165, 1.54) is 36.8 Å². The summed E-state index contributed by atoms with van der Waals surface area (Å²) in [5, 5.41) is 2.92. The zero-order valence-corrected chi connectivity index (χ0v) is 17.2. The molecule has 1 amide bonds. The van der Waals surface area contributed by atoms with Gasteiger partial charge < -0.3 is 10.1 Å². The molecule has 28 heavy (non-hydrogen) atoms. The molecule has 1 unspecified atom stereocenters. The summed E-state index contributed by atoms with van der Waals surface area (Å²) in [6.07, 6.45) is 2.37. The van der Waals surface area contributed by atoms with E-state index in [9.17, 15) is 9.18 Å². The molecule has 1 atom stereocenters. The topological polar surface area (TPSA) is 41.6 Å². The van der Waals surface area contributed by atoms with Gasteiger partial charge in [0.25, 0.3) is 5.91 Å². The monoisotopic (exact) mass is 404 g/mol. The van der Waals surface area contributed by atoms with Crippen LogP contribution in [0.3, 0.4) is 0 Å². The number of carbonyl (C=O) groups is 1. The van der Waals surface area contributed by atoms with Gasteiger partial charge in [-0.15, -0.1) is 12.4 Å². The van der Waals surface area contributed by atoms with Crippen molar-refractivity contribution >= 4 is 24.0 Å². The third-order valence-electron chi connectivity index (χ3n) is 5.77. The summed E-state index contributed by atoms with van der Waals surface area (Å²) < 4.78 is 18.8. The van der Waals surface area contributed by atoms with Gasteiger partial charge in [-0.25, -0.2) is 4.39 Å². The lowest BCUT2D eigenvalue weighted by molar-refractivity contribution is 0.102. The van der Waals surface area contributed by atoms with E-state index in [4.69, 9.17) is 4.74 Å². The maximum absolute atomic E-state index is 13.9. The fraction of sp³-hybridized carbons (Fsp3) is 0.409. The molecule has 0 aromatic heterocycles. The third kappa shape index (κ3) is 3.61. The third-order valence-corrected chi connectivity index (χ3v) is 5.77. The Morgan fingerprint density at radius 3 is 2.75 bits per heavy atom. The second-order valence-corrected chi connectivity index (χ2v) is 8.12. The number of methoxy groups -OCH3 is 1. The van der Waals surface area contributed by atoms with Gasteiger partial charge >= 0.3 is 0 Å². The van der Waals surface area contributed by atoms with Crippen molar-refractivity contribution in [3.63, 3.8) is 0 Å². The Bertz CT molecular complexity index is 900. The molecule has 0 bridgehead atoms. The maximum atomic E-state index is 13.9. The number of ether oxygens (including phenoxy) is 1. The lowest BCUT2D eigenvalue weighted by atomic mass is 9.76. The minimum Gasteiger partial charge on any atom is -0.494 e. The van der Waals surface area contributed by atoms with Gasteiger partial charge in [0.2, 0.25) is 0 Å². The fourth-order valence-electron chi connectivity index (χ4n) is 4.50. The van der Waals surface area contributed by atoms with E-state index in [2.05, 4.69) is 36.2 Å². The molecule has 2 heterocycles. The summed E-state index contributed by atoms with van der Waals surface area (Å²) in [5.41, 5.74) is 3.78. The highest BCUT2D eigenvalue weighted by molar-refractivity contribution is 6.04. The number of rotatable bonds is 3. The predicted octanol–water partition coefficient (Wildman–Crippen LogP) is 4.94. The number of fused-ring (bicyclic) bond motifs is 3. The number of hydrogen-bond donors (Lipinski definition) is 1. The van der Waals surface area contributed by atoms with E-state index < -0.39 is 5.82 Å². The molecule has 150 valence electrons. The Hall–Kier alpha value is -2.11. The molecule has 4 rings (SSSR count). The highest BCUT2D eigenvalue weighted by atomic mass is 35.5. The first-order valence-electron chi connectivity index (χ1n) is 9.42. The van der Waals surface area contributed by atoms with Gasteiger partial charge in [0.05, 0.1) is 7.11 Å². The SMILES string of the molecule is COc1ccc(C(=O)Nc2ccc3c(c2)C2CCCN2CC3(C)C)cc1F.Cl. The second-order valence-electron chi connectivity index (χ2n) is 8.12. The molecule has 6 heteroatoms. The van der Waals surface area contributed by atoms with Crippen LogP contribution in [0.25, 0.3) is 0 Å². The summed E-state index contributed by atoms with van der Waals surface area (Å²) in [5.74, 6) is -0.738. The lowest BCUT2D eigenvalue weighted by Gasteiger charge is -2.42. The Morgan fingerprint density at radius 1 is 1.25 bits per heavy atom. The molecule has 2 aromatic rings. The van der Waals surface area contributed by atoms with Crippen LogP contribution in [0.2, 0.25) is 0 Å². The van der Waals surface area contributed by atoms with Gasteiger partial charge in [-0.05, 0) is 60.8 Å². The molecular weight excluding hydrogens is 379 g/mol. The largest absolute Gasteiger partial charge is 0.494 e. The first-order valence-corrected chi connectivity index (χ1v) is 9.42. The Balaban J connectivity index is 0.00000225. The predicted molar refractivity (Wildman–Crippen MR) is 111 cm³/mol. The van der Waals surface area contributed by atoms with Crippen molar-refractivity contribution in [2.24, 2.45) is 0 Å². The van der Waals surface area contributed by atoms with E-state index >= 15 is 0 Å². The summed E-state index contributed by atoms with van der Waals surface area (Å²) in [6.45, 7) is 6.76. The average molecular weight is 405 g/mol. The van der Waals surface area contributed by atoms with Crippen molar-refractivity contribution in [3.8, 4) is 5.75 Å². The van der Waals surface area contributed by atoms with Crippen molar-refractivity contribution in [3.05, 3.63) is 58.9 Å². The molecular formula is C22H26ClFN2O2. The molecule has 1 fully saturated rings. The molecule has 2 aliphatic rings. The van der Waals surface area contributed by atoms with Crippen LogP contribution in [0.5, 0.6) is 5.75 Å². The zero-order chi connectivity index (χ0) is 19.2. The minimum absolute atomic E-state index is 0. The van der Waals surface area contributed by atoms with E-state index in [-0.39, 0.29) is 35.0 Å². The quantitative estimate of drug-likeness (QED) is 0.788. The molecule has 2 aliphatic heterocycles. The van der Waals surface area contributed by atoms with E-state index in [0.29, 0.717) is 6.04 Å². The number of hydrogen-bond acceptors (Lipinski definition) is 3. The number of halogens is 2. The number of carbonyl (C=O) groups excluding carboxylic acids is 1. The van der Waals surface area contributed by atoms with Gasteiger partial charge in [-0.3, -0.25) is 9.69 Å². The van der Waals surface area contributed by atoms with E-state index in [1.54, 1.807) is 6.07 Å². The summed E-state index contributed by atoms with van der Waals surface area (Å²) in [6, 6.07) is 10.8. The van der Waals surface area contributed by atoms with Gasteiger partial charge in [0.1, 0.15) is 0 Å². The Morgan fingerprint density at radius 2 is 2.04 bits per heavy atom. The number of nitrogens with one attached hydrogen (secondary N) is 1. The highest BCUT2D eigenvalue weighted by Crippen LogP contribution is 2.45. The summed E-state index contributed by atoms with van der Waals surface area (Å²) in [4.78, 5) is 15.1. The molecule has 1 N–H and O–H groups in total. The number of benzene rings is 2. The lowest BCUT2D eigenvalue weighted by Crippen LogP contribution is -2.42. The van der Waals surface area contributed by atoms with Crippen LogP contribution >= 0.6 is 12.4 Å². The van der Waals surface area contributed by atoms with Crippen LogP contribution in [0, 0.1) is 5.82 Å². The van der Waals surface area contributed by atoms with Gasteiger partial charge in [-0.1, -0.05) is 19.9 Å². The van der Waals surface area contributed by atoms with Crippen LogP contribution in [-0.2, 0) is 5.41 Å². The van der Waals surface area contributed by atoms with Gasteiger partial charge in [0.15, 0.2) is 11.6 Å². The number of amides is 1. The molecule has 0 spiro atoms. The van der Waals surface area contributed by atoms with Crippen molar-refractivity contribution in [2.75, 3.05) is 25.5 Å². The smallest absolute Gasteiger partial charge is 0.255 e. The Labute approximate surface area is 171 Å². The van der Waals surface area contributed by atoms with Crippen molar-refractivity contribution < 1.29 is 13.9 Å². The molecule has 0 aliphatic carbocycles. The summed E-state index contributed by atoms with van der Waals surface area (Å²) >= 11 is 0. The zero-order valence-electron chi connectivity index (χ0n) is 16.4. The van der Waals surface area contributed by atoms with Crippen molar-refractivity contribution in [1.82, 2.24) is 4.90 Å². The van der Waals surface area contributed by atoms with Crippen LogP contribution in [0.1, 0.15) is 54.2 Å². The normalized spacial score (nSPS) is 19.9. The average Bonchev–Trinajstić information content (AvgIpc) is 3.09. The Kier molecular flexibility index (Phi) is 5.69. The molecule has 1 saturated heterocycles. The van der Waals surface area contributed by atoms with Crippen LogP contribution in [0.4, 0.5) is 10.1 Å². The van der Waals surface area contributed by atoms with E-state index in [1.807, 2.05) is 6.07 Å². The number of anilines is 1. The maximum Gasteiger partial charge on any atom is 0.255 e. The molecule has 0 saturated carbocycles. The standard InChI is InChI=1S/C22H25FN2O2.ClH/c1-22(2)13-25-10-4-5-19(25)16-12-15(7-8-17(16)22)24-21(26)14-6-9-20(27-3)18(23)11-14;/h6-9,11-12,19H,4-5,10,13H2,1-3H3,(H,24,26);1H. The van der Waals surface area contributed by atoms with Crippen molar-refractivity contribution in [2.45, 2.75) is 38.1 Å². The molecule has 4 nitrogen and oxygen atoms in total. The summed E-state index contributed by atoms with van der Waals surface area (Å²) in [7, 11) is 1.40. The molecule has 2 aromatic carbocycles. The minimum atomic E-state index is -0.543. The fourth-order valence-corrected chi connectivity index (χ4v) is 4.50. The molecule has 0 radical (unpaired) electrons. The van der Waals surface area contributed by atoms with Gasteiger partial charge in [0, 0.05) is 29.3 Å². The van der Waals surface area contributed by atoms with Crippen LogP contribution in [-0.4, -0.2) is 31.0 Å². The van der Waals surface area contributed by atoms with Crippen LogP contribution < -0.4 is 10.1 Å². The highest BCUT2D eigenvalue weighted by Gasteiger charge is 2.39. The van der Waals surface area contributed by atoms with Crippen molar-refractivity contribution in [1.29, 1.82) is 0 Å². The van der Waals surface area contributed by atoms with E-state index in [0.717, 1.165) is 25.2 Å².